The molecule has 0 spiro atoms. The van der Waals surface area contributed by atoms with Crippen LogP contribution in [-0.4, -0.2) is 25.5 Å². The predicted molar refractivity (Wildman–Crippen MR) is 81.5 cm³/mol. The normalized spacial score (nSPS) is 14.9. The lowest BCUT2D eigenvalue weighted by Gasteiger charge is -2.08. The Labute approximate surface area is 129 Å². The second-order valence-corrected chi connectivity index (χ2v) is 4.98. The lowest BCUT2D eigenvalue weighted by Crippen LogP contribution is -2.04. The summed E-state index contributed by atoms with van der Waals surface area (Å²) in [4.78, 5) is 12.2. The molecule has 0 unspecified atom stereocenters. The first kappa shape index (κ1) is 14.6. The highest BCUT2D eigenvalue weighted by atomic mass is 16.4. The third kappa shape index (κ3) is 2.38. The quantitative estimate of drug-likeness (QED) is 0.546. The van der Waals surface area contributed by atoms with Gasteiger partial charge in [0.2, 0.25) is 11.2 Å². The number of aromatic hydroxyl groups is 3. The molecule has 0 fully saturated rings. The third-order valence-corrected chi connectivity index (χ3v) is 3.43. The van der Waals surface area contributed by atoms with E-state index in [0.29, 0.717) is 0 Å². The molecule has 23 heavy (non-hydrogen) atoms. The Morgan fingerprint density at radius 1 is 1.00 bits per heavy atom. The van der Waals surface area contributed by atoms with Gasteiger partial charge in [-0.15, -0.1) is 0 Å². The van der Waals surface area contributed by atoms with Crippen LogP contribution < -0.4 is 5.43 Å². The number of phenols is 2. The number of allylic oxidation sites excluding steroid dienone is 4. The number of hydrogen-bond acceptors (Lipinski definition) is 7. The van der Waals surface area contributed by atoms with Crippen molar-refractivity contribution in [3.8, 4) is 17.2 Å². The second-order valence-electron chi connectivity index (χ2n) is 4.98. The fraction of sp³-hybridized carbons (Fsp3) is 0.0625. The fourth-order valence-electron chi connectivity index (χ4n) is 2.28. The van der Waals surface area contributed by atoms with Gasteiger partial charge in [0.25, 0.3) is 0 Å². The summed E-state index contributed by atoms with van der Waals surface area (Å²) in [7, 11) is 0. The van der Waals surface area contributed by atoms with Gasteiger partial charge < -0.3 is 29.9 Å². The molecule has 2 aromatic rings. The van der Waals surface area contributed by atoms with E-state index in [9.17, 15) is 30.3 Å². The molecule has 1 aromatic carbocycles. The Morgan fingerprint density at radius 3 is 2.48 bits per heavy atom. The lowest BCUT2D eigenvalue weighted by molar-refractivity contribution is 0.332. The van der Waals surface area contributed by atoms with Gasteiger partial charge in [0.15, 0.2) is 11.5 Å². The molecule has 0 aliphatic heterocycles. The van der Waals surface area contributed by atoms with Crippen LogP contribution >= 0.6 is 0 Å². The summed E-state index contributed by atoms with van der Waals surface area (Å²) in [6, 6.07) is 2.09. The maximum atomic E-state index is 12.2. The number of rotatable bonds is 1. The summed E-state index contributed by atoms with van der Waals surface area (Å²) < 4.78 is 5.43. The topological polar surface area (TPSA) is 131 Å². The SMILES string of the molecule is O=c1c(O)c(C2=CCC(O)=C(O)C=C2)oc2cc(O)cc(O)c12. The van der Waals surface area contributed by atoms with Crippen molar-refractivity contribution in [2.24, 2.45) is 0 Å². The second kappa shape index (κ2) is 5.13. The van der Waals surface area contributed by atoms with Crippen LogP contribution in [-0.2, 0) is 0 Å². The van der Waals surface area contributed by atoms with Crippen molar-refractivity contribution in [3.63, 3.8) is 0 Å². The zero-order chi connectivity index (χ0) is 16.7. The molecule has 3 rings (SSSR count). The monoisotopic (exact) mass is 316 g/mol. The zero-order valence-corrected chi connectivity index (χ0v) is 11.6. The van der Waals surface area contributed by atoms with Crippen LogP contribution in [0.4, 0.5) is 0 Å². The van der Waals surface area contributed by atoms with E-state index in [1.54, 1.807) is 0 Å². The fourth-order valence-corrected chi connectivity index (χ4v) is 2.28. The van der Waals surface area contributed by atoms with Gasteiger partial charge in [-0.2, -0.15) is 0 Å². The molecule has 0 atom stereocenters. The average Bonchev–Trinajstić information content (AvgIpc) is 2.65. The first-order chi connectivity index (χ1) is 10.9. The van der Waals surface area contributed by atoms with Gasteiger partial charge in [-0.1, -0.05) is 6.08 Å². The molecule has 1 heterocycles. The van der Waals surface area contributed by atoms with Gasteiger partial charge in [-0.3, -0.25) is 4.79 Å². The van der Waals surface area contributed by atoms with Gasteiger partial charge in [0, 0.05) is 24.1 Å². The van der Waals surface area contributed by atoms with E-state index in [0.717, 1.165) is 12.1 Å². The minimum Gasteiger partial charge on any atom is -0.508 e. The number of hydrogen-bond donors (Lipinski definition) is 5. The van der Waals surface area contributed by atoms with Crippen molar-refractivity contribution in [2.75, 3.05) is 0 Å². The Bertz CT molecular complexity index is 961. The highest BCUT2D eigenvalue weighted by molar-refractivity contribution is 5.88. The standard InChI is InChI=1S/C16H12O7/c17-8-5-11(20)13-12(6-8)23-16(15(22)14(13)21)7-1-3-9(18)10(19)4-2-7/h1-3,5-6,17-20,22H,4H2. The first-order valence-electron chi connectivity index (χ1n) is 6.60. The van der Waals surface area contributed by atoms with Gasteiger partial charge >= 0.3 is 0 Å². The van der Waals surface area contributed by atoms with E-state index >= 15 is 0 Å². The number of fused-ring (bicyclic) bond motifs is 1. The summed E-state index contributed by atoms with van der Waals surface area (Å²) >= 11 is 0. The van der Waals surface area contributed by atoms with E-state index in [1.165, 1.54) is 18.2 Å². The summed E-state index contributed by atoms with van der Waals surface area (Å²) in [6.07, 6.45) is 3.96. The van der Waals surface area contributed by atoms with Crippen molar-refractivity contribution >= 4 is 16.5 Å². The van der Waals surface area contributed by atoms with Gasteiger partial charge in [-0.05, 0) is 12.2 Å². The first-order valence-corrected chi connectivity index (χ1v) is 6.60. The van der Waals surface area contributed by atoms with Crippen LogP contribution in [0.3, 0.4) is 0 Å². The molecule has 118 valence electrons. The summed E-state index contributed by atoms with van der Waals surface area (Å²) in [5.74, 6) is -2.36. The number of phenolic OH excluding ortho intramolecular Hbond substituents is 2. The van der Waals surface area contributed by atoms with Crippen molar-refractivity contribution in [3.05, 3.63) is 57.9 Å². The molecule has 0 radical (unpaired) electrons. The molecule has 7 nitrogen and oxygen atoms in total. The molecule has 1 aliphatic rings. The molecule has 5 N–H and O–H groups in total. The molecule has 0 bridgehead atoms. The maximum absolute atomic E-state index is 12.2. The molecule has 0 saturated heterocycles. The highest BCUT2D eigenvalue weighted by Crippen LogP contribution is 2.34. The van der Waals surface area contributed by atoms with Crippen LogP contribution in [0.1, 0.15) is 12.2 Å². The average molecular weight is 316 g/mol. The predicted octanol–water partition coefficient (Wildman–Crippen LogP) is 2.58. The Morgan fingerprint density at radius 2 is 1.74 bits per heavy atom. The molecular formula is C16H12O7. The largest absolute Gasteiger partial charge is 0.508 e. The van der Waals surface area contributed by atoms with E-state index < -0.39 is 16.9 Å². The molecule has 0 amide bonds. The van der Waals surface area contributed by atoms with Crippen molar-refractivity contribution in [2.45, 2.75) is 6.42 Å². The van der Waals surface area contributed by atoms with Crippen LogP contribution in [0.2, 0.25) is 0 Å². The van der Waals surface area contributed by atoms with Gasteiger partial charge in [0.05, 0.1) is 0 Å². The van der Waals surface area contributed by atoms with Crippen LogP contribution in [0.25, 0.3) is 16.5 Å². The van der Waals surface area contributed by atoms with E-state index in [1.807, 2.05) is 0 Å². The molecular weight excluding hydrogens is 304 g/mol. The summed E-state index contributed by atoms with van der Waals surface area (Å²) in [6.45, 7) is 0. The van der Waals surface area contributed by atoms with Gasteiger partial charge in [0.1, 0.15) is 28.2 Å². The van der Waals surface area contributed by atoms with Gasteiger partial charge in [-0.25, -0.2) is 0 Å². The number of aliphatic hydroxyl groups is 2. The smallest absolute Gasteiger partial charge is 0.238 e. The molecule has 1 aromatic heterocycles. The highest BCUT2D eigenvalue weighted by Gasteiger charge is 2.20. The number of aliphatic hydroxyl groups excluding tert-OH is 2. The molecule has 0 saturated carbocycles. The number of benzene rings is 1. The van der Waals surface area contributed by atoms with Crippen LogP contribution in [0.15, 0.2) is 51.1 Å². The maximum Gasteiger partial charge on any atom is 0.238 e. The molecule has 1 aliphatic carbocycles. The van der Waals surface area contributed by atoms with E-state index in [4.69, 9.17) is 4.42 Å². The minimum absolute atomic E-state index is 0.0271. The third-order valence-electron chi connectivity index (χ3n) is 3.43. The minimum atomic E-state index is -0.862. The van der Waals surface area contributed by atoms with Crippen molar-refractivity contribution in [1.82, 2.24) is 0 Å². The zero-order valence-electron chi connectivity index (χ0n) is 11.6. The molecule has 7 heteroatoms. The van der Waals surface area contributed by atoms with Crippen molar-refractivity contribution < 1.29 is 29.9 Å². The Kier molecular flexibility index (Phi) is 3.25. The van der Waals surface area contributed by atoms with Crippen LogP contribution in [0, 0.1) is 0 Å². The van der Waals surface area contributed by atoms with Crippen molar-refractivity contribution in [1.29, 1.82) is 0 Å². The Hall–Kier alpha value is -3.35. The van der Waals surface area contributed by atoms with E-state index in [-0.39, 0.29) is 46.0 Å². The summed E-state index contributed by atoms with van der Waals surface area (Å²) in [5, 5.41) is 48.0. The van der Waals surface area contributed by atoms with Crippen LogP contribution in [0.5, 0.6) is 17.2 Å². The Balaban J connectivity index is 2.26. The summed E-state index contributed by atoms with van der Waals surface area (Å²) in [5.41, 5.74) is -0.723. The lowest BCUT2D eigenvalue weighted by atomic mass is 10.1. The van der Waals surface area contributed by atoms with E-state index in [2.05, 4.69) is 0 Å².